The normalized spacial score (nSPS) is 10.4. The first kappa shape index (κ1) is 11.5. The highest BCUT2D eigenvalue weighted by molar-refractivity contribution is 9.10. The van der Waals surface area contributed by atoms with Crippen molar-refractivity contribution in [3.8, 4) is 17.0 Å². The average molecular weight is 299 g/mol. The van der Waals surface area contributed by atoms with Crippen molar-refractivity contribution in [3.05, 3.63) is 34.7 Å². The maximum absolute atomic E-state index is 5.31. The summed E-state index contributed by atoms with van der Waals surface area (Å²) in [6.07, 6.45) is 1.79. The SMILES string of the molecule is COc1ccc(Br)cc1-c1cnc(CS)[nH]1. The lowest BCUT2D eigenvalue weighted by Crippen LogP contribution is -1.88. The fourth-order valence-corrected chi connectivity index (χ4v) is 1.99. The number of H-pyrrole nitrogens is 1. The van der Waals surface area contributed by atoms with E-state index in [9.17, 15) is 0 Å². The predicted molar refractivity (Wildman–Crippen MR) is 71.0 cm³/mol. The average Bonchev–Trinajstić information content (AvgIpc) is 2.77. The Morgan fingerprint density at radius 1 is 1.50 bits per heavy atom. The van der Waals surface area contributed by atoms with Crippen molar-refractivity contribution in [2.75, 3.05) is 7.11 Å². The number of benzene rings is 1. The van der Waals surface area contributed by atoms with Crippen LogP contribution in [0.4, 0.5) is 0 Å². The fraction of sp³-hybridized carbons (Fsp3) is 0.182. The number of hydrogen-bond acceptors (Lipinski definition) is 3. The Hall–Kier alpha value is -0.940. The van der Waals surface area contributed by atoms with E-state index in [1.807, 2.05) is 18.2 Å². The molecular weight excluding hydrogens is 288 g/mol. The maximum Gasteiger partial charge on any atom is 0.128 e. The van der Waals surface area contributed by atoms with Gasteiger partial charge in [0.2, 0.25) is 0 Å². The van der Waals surface area contributed by atoms with Gasteiger partial charge in [-0.25, -0.2) is 4.98 Å². The second-order valence-corrected chi connectivity index (χ2v) is 4.48. The van der Waals surface area contributed by atoms with E-state index in [2.05, 4.69) is 38.5 Å². The highest BCUT2D eigenvalue weighted by atomic mass is 79.9. The van der Waals surface area contributed by atoms with Crippen molar-refractivity contribution in [3.63, 3.8) is 0 Å². The number of ether oxygens (including phenoxy) is 1. The van der Waals surface area contributed by atoms with Crippen LogP contribution in [0.1, 0.15) is 5.82 Å². The van der Waals surface area contributed by atoms with Gasteiger partial charge in [0.25, 0.3) is 0 Å². The van der Waals surface area contributed by atoms with Gasteiger partial charge in [0.15, 0.2) is 0 Å². The minimum absolute atomic E-state index is 0.594. The lowest BCUT2D eigenvalue weighted by atomic mass is 10.1. The molecule has 0 saturated heterocycles. The monoisotopic (exact) mass is 298 g/mol. The quantitative estimate of drug-likeness (QED) is 0.854. The molecule has 0 unspecified atom stereocenters. The van der Waals surface area contributed by atoms with Crippen LogP contribution in [0.3, 0.4) is 0 Å². The van der Waals surface area contributed by atoms with Gasteiger partial charge in [0.05, 0.1) is 19.0 Å². The van der Waals surface area contributed by atoms with Crippen LogP contribution >= 0.6 is 28.6 Å². The molecule has 0 atom stereocenters. The van der Waals surface area contributed by atoms with Gasteiger partial charge in [-0.05, 0) is 18.2 Å². The zero-order chi connectivity index (χ0) is 11.5. The lowest BCUT2D eigenvalue weighted by Gasteiger charge is -2.06. The lowest BCUT2D eigenvalue weighted by molar-refractivity contribution is 0.416. The fourth-order valence-electron chi connectivity index (χ4n) is 1.47. The number of halogens is 1. The van der Waals surface area contributed by atoms with Gasteiger partial charge in [0, 0.05) is 15.8 Å². The zero-order valence-corrected chi connectivity index (χ0v) is 11.2. The second kappa shape index (κ2) is 4.93. The molecular formula is C11H11BrN2OS. The zero-order valence-electron chi connectivity index (χ0n) is 8.70. The highest BCUT2D eigenvalue weighted by Gasteiger charge is 2.09. The Morgan fingerprint density at radius 2 is 2.31 bits per heavy atom. The Bertz CT molecular complexity index is 498. The molecule has 0 radical (unpaired) electrons. The molecule has 1 heterocycles. The number of nitrogens with zero attached hydrogens (tertiary/aromatic N) is 1. The standard InChI is InChI=1S/C11H11BrN2OS/c1-15-10-3-2-7(12)4-8(10)9-5-13-11(6-16)14-9/h2-5,16H,6H2,1H3,(H,13,14). The number of methoxy groups -OCH3 is 1. The summed E-state index contributed by atoms with van der Waals surface area (Å²) in [5.74, 6) is 2.26. The van der Waals surface area contributed by atoms with E-state index in [4.69, 9.17) is 4.74 Å². The Labute approximate surface area is 108 Å². The molecule has 84 valence electrons. The van der Waals surface area contributed by atoms with Crippen LogP contribution in [-0.2, 0) is 5.75 Å². The van der Waals surface area contributed by atoms with Gasteiger partial charge >= 0.3 is 0 Å². The third-order valence-electron chi connectivity index (χ3n) is 2.23. The Kier molecular flexibility index (Phi) is 3.56. The molecule has 2 rings (SSSR count). The molecule has 0 aliphatic rings. The van der Waals surface area contributed by atoms with Crippen molar-refractivity contribution in [1.29, 1.82) is 0 Å². The van der Waals surface area contributed by atoms with Crippen LogP contribution in [0.2, 0.25) is 0 Å². The summed E-state index contributed by atoms with van der Waals surface area (Å²) in [5.41, 5.74) is 1.92. The number of aromatic amines is 1. The molecule has 1 N–H and O–H groups in total. The van der Waals surface area contributed by atoms with Crippen LogP contribution in [0, 0.1) is 0 Å². The van der Waals surface area contributed by atoms with E-state index in [0.29, 0.717) is 5.75 Å². The maximum atomic E-state index is 5.31. The van der Waals surface area contributed by atoms with Crippen molar-refractivity contribution < 1.29 is 4.74 Å². The molecule has 0 bridgehead atoms. The molecule has 0 saturated carbocycles. The largest absolute Gasteiger partial charge is 0.496 e. The van der Waals surface area contributed by atoms with Gasteiger partial charge < -0.3 is 9.72 Å². The molecule has 0 spiro atoms. The third-order valence-corrected chi connectivity index (χ3v) is 3.02. The van der Waals surface area contributed by atoms with Gasteiger partial charge in [0.1, 0.15) is 11.6 Å². The summed E-state index contributed by atoms with van der Waals surface area (Å²) in [5, 5.41) is 0. The number of nitrogens with one attached hydrogen (secondary N) is 1. The molecule has 0 fully saturated rings. The van der Waals surface area contributed by atoms with E-state index in [1.165, 1.54) is 0 Å². The summed E-state index contributed by atoms with van der Waals surface area (Å²) in [6, 6.07) is 5.85. The first-order valence-electron chi connectivity index (χ1n) is 4.73. The molecule has 3 nitrogen and oxygen atoms in total. The van der Waals surface area contributed by atoms with Crippen molar-refractivity contribution in [2.24, 2.45) is 0 Å². The van der Waals surface area contributed by atoms with Crippen LogP contribution in [0.15, 0.2) is 28.9 Å². The first-order valence-corrected chi connectivity index (χ1v) is 6.16. The van der Waals surface area contributed by atoms with Gasteiger partial charge in [-0.2, -0.15) is 12.6 Å². The molecule has 0 aliphatic heterocycles. The summed E-state index contributed by atoms with van der Waals surface area (Å²) in [4.78, 5) is 7.41. The number of hydrogen-bond donors (Lipinski definition) is 2. The highest BCUT2D eigenvalue weighted by Crippen LogP contribution is 2.31. The molecule has 1 aromatic carbocycles. The van der Waals surface area contributed by atoms with Crippen LogP contribution in [0.25, 0.3) is 11.3 Å². The van der Waals surface area contributed by atoms with E-state index in [-0.39, 0.29) is 0 Å². The Morgan fingerprint density at radius 3 is 2.94 bits per heavy atom. The van der Waals surface area contributed by atoms with E-state index >= 15 is 0 Å². The summed E-state index contributed by atoms with van der Waals surface area (Å²) >= 11 is 7.61. The Balaban J connectivity index is 2.49. The van der Waals surface area contributed by atoms with Crippen molar-refractivity contribution in [2.45, 2.75) is 5.75 Å². The second-order valence-electron chi connectivity index (χ2n) is 3.25. The topological polar surface area (TPSA) is 37.9 Å². The molecule has 16 heavy (non-hydrogen) atoms. The number of imidazole rings is 1. The molecule has 0 aliphatic carbocycles. The third kappa shape index (κ3) is 2.25. The first-order chi connectivity index (χ1) is 7.74. The minimum Gasteiger partial charge on any atom is -0.496 e. The van der Waals surface area contributed by atoms with Crippen LogP contribution < -0.4 is 4.74 Å². The van der Waals surface area contributed by atoms with Crippen LogP contribution in [-0.4, -0.2) is 17.1 Å². The predicted octanol–water partition coefficient (Wildman–Crippen LogP) is 3.28. The van der Waals surface area contributed by atoms with Crippen LogP contribution in [0.5, 0.6) is 5.75 Å². The summed E-state index contributed by atoms with van der Waals surface area (Å²) in [7, 11) is 1.66. The van der Waals surface area contributed by atoms with Gasteiger partial charge in [-0.15, -0.1) is 0 Å². The van der Waals surface area contributed by atoms with E-state index < -0.39 is 0 Å². The number of thiol groups is 1. The molecule has 5 heteroatoms. The van der Waals surface area contributed by atoms with Crippen molar-refractivity contribution >= 4 is 28.6 Å². The van der Waals surface area contributed by atoms with Crippen molar-refractivity contribution in [1.82, 2.24) is 9.97 Å². The number of rotatable bonds is 3. The minimum atomic E-state index is 0.594. The molecule has 2 aromatic rings. The summed E-state index contributed by atoms with van der Waals surface area (Å²) in [6.45, 7) is 0. The van der Waals surface area contributed by atoms with Gasteiger partial charge in [-0.1, -0.05) is 15.9 Å². The van der Waals surface area contributed by atoms with E-state index in [0.717, 1.165) is 27.3 Å². The van der Waals surface area contributed by atoms with Gasteiger partial charge in [-0.3, -0.25) is 0 Å². The molecule has 0 amide bonds. The summed E-state index contributed by atoms with van der Waals surface area (Å²) < 4.78 is 6.31. The number of aromatic nitrogens is 2. The smallest absolute Gasteiger partial charge is 0.128 e. The molecule has 1 aromatic heterocycles. The van der Waals surface area contributed by atoms with E-state index in [1.54, 1.807) is 13.3 Å².